The van der Waals surface area contributed by atoms with E-state index < -0.39 is 0 Å². The maximum Gasteiger partial charge on any atom is 0.234 e. The SMILES string of the molecule is CC(C)(C)SN1CCC1=O. The van der Waals surface area contributed by atoms with Crippen molar-refractivity contribution in [1.82, 2.24) is 4.31 Å². The zero-order chi connectivity index (χ0) is 7.78. The van der Waals surface area contributed by atoms with Gasteiger partial charge in [0, 0.05) is 17.7 Å². The summed E-state index contributed by atoms with van der Waals surface area (Å²) < 4.78 is 2.01. The fourth-order valence-electron chi connectivity index (χ4n) is 0.722. The molecule has 1 heterocycles. The van der Waals surface area contributed by atoms with Crippen molar-refractivity contribution in [3.63, 3.8) is 0 Å². The standard InChI is InChI=1S/C7H13NOS/c1-7(2,3)10-8-5-4-6(8)9/h4-5H2,1-3H3. The lowest BCUT2D eigenvalue weighted by molar-refractivity contribution is -0.132. The summed E-state index contributed by atoms with van der Waals surface area (Å²) in [7, 11) is 0. The van der Waals surface area contributed by atoms with E-state index >= 15 is 0 Å². The molecule has 0 saturated carbocycles. The van der Waals surface area contributed by atoms with E-state index in [-0.39, 0.29) is 10.7 Å². The van der Waals surface area contributed by atoms with Gasteiger partial charge in [0.05, 0.1) is 0 Å². The third-order valence-electron chi connectivity index (χ3n) is 1.19. The van der Waals surface area contributed by atoms with Gasteiger partial charge in [-0.1, -0.05) is 0 Å². The first kappa shape index (κ1) is 7.92. The van der Waals surface area contributed by atoms with Gasteiger partial charge in [0.2, 0.25) is 5.91 Å². The smallest absolute Gasteiger partial charge is 0.234 e. The second-order valence-electron chi connectivity index (χ2n) is 3.45. The third kappa shape index (κ3) is 1.90. The van der Waals surface area contributed by atoms with E-state index in [0.717, 1.165) is 13.0 Å². The molecule has 3 heteroatoms. The van der Waals surface area contributed by atoms with Gasteiger partial charge >= 0.3 is 0 Å². The summed E-state index contributed by atoms with van der Waals surface area (Å²) in [4.78, 5) is 10.8. The predicted molar refractivity (Wildman–Crippen MR) is 43.7 cm³/mol. The van der Waals surface area contributed by atoms with Crippen LogP contribution in [0.4, 0.5) is 0 Å². The van der Waals surface area contributed by atoms with Crippen LogP contribution in [-0.4, -0.2) is 21.5 Å². The van der Waals surface area contributed by atoms with E-state index in [1.165, 1.54) is 0 Å². The molecule has 0 N–H and O–H groups in total. The average Bonchev–Trinajstić information content (AvgIpc) is 1.78. The zero-order valence-corrected chi connectivity index (χ0v) is 7.49. The highest BCUT2D eigenvalue weighted by Gasteiger charge is 2.28. The molecule has 1 saturated heterocycles. The number of carbonyl (C=O) groups is 1. The van der Waals surface area contributed by atoms with Crippen LogP contribution in [0.1, 0.15) is 27.2 Å². The first-order chi connectivity index (χ1) is 4.49. The lowest BCUT2D eigenvalue weighted by Gasteiger charge is -2.34. The van der Waals surface area contributed by atoms with E-state index in [0.29, 0.717) is 0 Å². The summed E-state index contributed by atoms with van der Waals surface area (Å²) in [6.07, 6.45) is 0.739. The third-order valence-corrected chi connectivity index (χ3v) is 2.35. The Hall–Kier alpha value is -0.180. The van der Waals surface area contributed by atoms with Crippen LogP contribution in [0.3, 0.4) is 0 Å². The predicted octanol–water partition coefficient (Wildman–Crippen LogP) is 1.67. The van der Waals surface area contributed by atoms with Gasteiger partial charge in [0.15, 0.2) is 0 Å². The van der Waals surface area contributed by atoms with Crippen molar-refractivity contribution in [3.8, 4) is 0 Å². The summed E-state index contributed by atoms with van der Waals surface area (Å²) in [5.41, 5.74) is 0. The number of hydrogen-bond donors (Lipinski definition) is 0. The maximum atomic E-state index is 10.8. The molecule has 2 nitrogen and oxygen atoms in total. The molecule has 0 bridgehead atoms. The van der Waals surface area contributed by atoms with Crippen LogP contribution >= 0.6 is 11.9 Å². The van der Waals surface area contributed by atoms with Gasteiger partial charge in [0.25, 0.3) is 0 Å². The van der Waals surface area contributed by atoms with E-state index in [9.17, 15) is 4.79 Å². The van der Waals surface area contributed by atoms with E-state index in [1.54, 1.807) is 11.9 Å². The lowest BCUT2D eigenvalue weighted by Crippen LogP contribution is -2.40. The molecular formula is C7H13NOS. The quantitative estimate of drug-likeness (QED) is 0.428. The Morgan fingerprint density at radius 2 is 2.10 bits per heavy atom. The van der Waals surface area contributed by atoms with Gasteiger partial charge in [-0.05, 0) is 32.7 Å². The molecule has 0 aromatic heterocycles. The number of rotatable bonds is 1. The number of β-lactam (4-membered cyclic amide) rings is 1. The van der Waals surface area contributed by atoms with Crippen LogP contribution in [0.15, 0.2) is 0 Å². The normalized spacial score (nSPS) is 19.1. The molecular weight excluding hydrogens is 146 g/mol. The highest BCUT2D eigenvalue weighted by atomic mass is 32.2. The van der Waals surface area contributed by atoms with Gasteiger partial charge in [0.1, 0.15) is 0 Å². The van der Waals surface area contributed by atoms with Crippen LogP contribution in [0.2, 0.25) is 0 Å². The Balaban J connectivity index is 2.32. The lowest BCUT2D eigenvalue weighted by atomic mass is 10.3. The molecule has 1 aliphatic rings. The first-order valence-electron chi connectivity index (χ1n) is 3.48. The minimum absolute atomic E-state index is 0.177. The molecule has 1 aliphatic heterocycles. The highest BCUT2D eigenvalue weighted by Crippen LogP contribution is 2.31. The maximum absolute atomic E-state index is 10.8. The molecule has 0 aromatic rings. The Morgan fingerprint density at radius 1 is 1.50 bits per heavy atom. The van der Waals surface area contributed by atoms with E-state index in [2.05, 4.69) is 20.8 Å². The Bertz CT molecular complexity index is 150. The summed E-state index contributed by atoms with van der Waals surface area (Å²) in [5.74, 6) is 0.278. The van der Waals surface area contributed by atoms with Crippen molar-refractivity contribution in [2.45, 2.75) is 31.9 Å². The Labute approximate surface area is 66.1 Å². The van der Waals surface area contributed by atoms with E-state index in [1.807, 2.05) is 4.31 Å². The summed E-state index contributed by atoms with van der Waals surface area (Å²) >= 11 is 1.64. The molecule has 0 aromatic carbocycles. The van der Waals surface area contributed by atoms with Crippen LogP contribution in [0.5, 0.6) is 0 Å². The van der Waals surface area contributed by atoms with Gasteiger partial charge in [-0.15, -0.1) is 0 Å². The monoisotopic (exact) mass is 159 g/mol. The molecule has 10 heavy (non-hydrogen) atoms. The fourth-order valence-corrected chi connectivity index (χ4v) is 1.76. The minimum Gasteiger partial charge on any atom is -0.285 e. The van der Waals surface area contributed by atoms with Crippen LogP contribution in [0, 0.1) is 0 Å². The van der Waals surface area contributed by atoms with Gasteiger partial charge < -0.3 is 0 Å². The molecule has 1 rings (SSSR count). The molecule has 0 radical (unpaired) electrons. The number of hydrogen-bond acceptors (Lipinski definition) is 2. The highest BCUT2D eigenvalue weighted by molar-refractivity contribution is 7.98. The topological polar surface area (TPSA) is 20.3 Å². The molecule has 1 amide bonds. The van der Waals surface area contributed by atoms with Gasteiger partial charge in [-0.2, -0.15) is 0 Å². The Kier molecular flexibility index (Phi) is 1.95. The van der Waals surface area contributed by atoms with Gasteiger partial charge in [-0.3, -0.25) is 9.10 Å². The van der Waals surface area contributed by atoms with Gasteiger partial charge in [-0.25, -0.2) is 0 Å². The number of nitrogens with zero attached hydrogens (tertiary/aromatic N) is 1. The molecule has 1 fully saturated rings. The van der Waals surface area contributed by atoms with Crippen molar-refractivity contribution in [3.05, 3.63) is 0 Å². The second-order valence-corrected chi connectivity index (χ2v) is 5.30. The Morgan fingerprint density at radius 3 is 2.20 bits per heavy atom. The molecule has 0 aliphatic carbocycles. The molecule has 58 valence electrons. The fraction of sp³-hybridized carbons (Fsp3) is 0.857. The molecule has 0 unspecified atom stereocenters. The van der Waals surface area contributed by atoms with Crippen molar-refractivity contribution in [1.29, 1.82) is 0 Å². The van der Waals surface area contributed by atoms with Crippen molar-refractivity contribution < 1.29 is 4.79 Å². The average molecular weight is 159 g/mol. The van der Waals surface area contributed by atoms with Crippen molar-refractivity contribution in [2.75, 3.05) is 6.54 Å². The summed E-state index contributed by atoms with van der Waals surface area (Å²) in [5, 5.41) is 0. The van der Waals surface area contributed by atoms with E-state index in [4.69, 9.17) is 0 Å². The van der Waals surface area contributed by atoms with Crippen LogP contribution in [-0.2, 0) is 4.79 Å². The summed E-state index contributed by atoms with van der Waals surface area (Å²) in [6.45, 7) is 7.27. The van der Waals surface area contributed by atoms with Crippen molar-refractivity contribution in [2.24, 2.45) is 0 Å². The molecule has 0 spiro atoms. The number of amides is 1. The summed E-state index contributed by atoms with van der Waals surface area (Å²) in [6, 6.07) is 0. The minimum atomic E-state index is 0.177. The first-order valence-corrected chi connectivity index (χ1v) is 4.26. The van der Waals surface area contributed by atoms with Crippen molar-refractivity contribution >= 4 is 17.9 Å². The number of carbonyl (C=O) groups excluding carboxylic acids is 1. The van der Waals surface area contributed by atoms with Crippen LogP contribution < -0.4 is 0 Å². The largest absolute Gasteiger partial charge is 0.285 e. The van der Waals surface area contributed by atoms with Crippen LogP contribution in [0.25, 0.3) is 0 Å². The zero-order valence-electron chi connectivity index (χ0n) is 6.68. The second kappa shape index (κ2) is 2.46. The molecule has 0 atom stereocenters.